The molecule has 0 amide bonds. The fourth-order valence-electron chi connectivity index (χ4n) is 1.74. The van der Waals surface area contributed by atoms with Crippen molar-refractivity contribution in [1.29, 1.82) is 0 Å². The molecule has 2 heterocycles. The Morgan fingerprint density at radius 1 is 1.21 bits per heavy atom. The Kier molecular flexibility index (Phi) is 3.68. The van der Waals surface area contributed by atoms with Gasteiger partial charge in [0, 0.05) is 11.7 Å². The predicted molar refractivity (Wildman–Crippen MR) is 75.9 cm³/mol. The monoisotopic (exact) mass is 258 g/mol. The second kappa shape index (κ2) is 4.97. The van der Waals surface area contributed by atoms with E-state index in [1.54, 1.807) is 6.20 Å². The summed E-state index contributed by atoms with van der Waals surface area (Å²) >= 11 is 0. The molecule has 0 aliphatic carbocycles. The molecule has 1 fully saturated rings. The second-order valence-electron chi connectivity index (χ2n) is 5.57. The van der Waals surface area contributed by atoms with Crippen LogP contribution in [0.3, 0.4) is 0 Å². The van der Waals surface area contributed by atoms with Crippen molar-refractivity contribution in [3.8, 4) is 11.8 Å². The van der Waals surface area contributed by atoms with Crippen molar-refractivity contribution in [2.24, 2.45) is 5.73 Å². The Morgan fingerprint density at radius 2 is 1.84 bits per heavy atom. The molecule has 5 heteroatoms. The quantitative estimate of drug-likeness (QED) is 0.594. The Hall–Kier alpha value is -1.35. The van der Waals surface area contributed by atoms with Crippen LogP contribution in [0.2, 0.25) is 0 Å². The van der Waals surface area contributed by atoms with E-state index in [-0.39, 0.29) is 18.3 Å². The third-order valence-corrected chi connectivity index (χ3v) is 3.63. The lowest BCUT2D eigenvalue weighted by atomic mass is 9.80. The lowest BCUT2D eigenvalue weighted by Gasteiger charge is -2.32. The number of nitrogens with zero attached hydrogens (tertiary/aromatic N) is 1. The van der Waals surface area contributed by atoms with E-state index in [0.29, 0.717) is 12.2 Å². The molecule has 1 aromatic heterocycles. The number of hydrogen-bond acceptors (Lipinski definition) is 4. The highest BCUT2D eigenvalue weighted by Crippen LogP contribution is 2.36. The molecule has 19 heavy (non-hydrogen) atoms. The van der Waals surface area contributed by atoms with Crippen LogP contribution in [0.4, 0.5) is 0 Å². The molecule has 1 saturated heterocycles. The smallest absolute Gasteiger partial charge is 0.399 e. The molecule has 0 saturated carbocycles. The summed E-state index contributed by atoms with van der Waals surface area (Å²) in [6.07, 6.45) is 1.74. The lowest BCUT2D eigenvalue weighted by molar-refractivity contribution is 0.00578. The number of aromatic nitrogens is 1. The highest BCUT2D eigenvalue weighted by Gasteiger charge is 2.51. The molecular formula is C14H19BN2O2. The Balaban J connectivity index is 2.17. The zero-order chi connectivity index (χ0) is 14.1. The van der Waals surface area contributed by atoms with Gasteiger partial charge in [-0.15, -0.1) is 0 Å². The molecule has 0 bridgehead atoms. The van der Waals surface area contributed by atoms with Crippen LogP contribution in [-0.2, 0) is 9.31 Å². The largest absolute Gasteiger partial charge is 0.496 e. The van der Waals surface area contributed by atoms with Crippen molar-refractivity contribution in [3.63, 3.8) is 0 Å². The molecule has 2 N–H and O–H groups in total. The van der Waals surface area contributed by atoms with Gasteiger partial charge in [-0.2, -0.15) is 0 Å². The molecule has 2 rings (SSSR count). The fourth-order valence-corrected chi connectivity index (χ4v) is 1.74. The summed E-state index contributed by atoms with van der Waals surface area (Å²) in [6, 6.07) is 3.78. The average molecular weight is 258 g/mol. The number of hydrogen-bond donors (Lipinski definition) is 1. The zero-order valence-electron chi connectivity index (χ0n) is 11.9. The normalized spacial score (nSPS) is 19.9. The minimum Gasteiger partial charge on any atom is -0.399 e. The first-order chi connectivity index (χ1) is 8.86. The van der Waals surface area contributed by atoms with Crippen LogP contribution >= 0.6 is 0 Å². The molecule has 1 aliphatic heterocycles. The number of pyridine rings is 1. The standard InChI is InChI=1S/C14H19BN2O2/c1-13(2)14(3,4)19-15(18-13)11-7-8-12(17-10-11)6-5-9-16/h7-8,10H,9,16H2,1-4H3. The third kappa shape index (κ3) is 2.81. The van der Waals surface area contributed by atoms with Gasteiger partial charge in [-0.3, -0.25) is 0 Å². The summed E-state index contributed by atoms with van der Waals surface area (Å²) in [4.78, 5) is 4.27. The molecule has 1 aromatic rings. The van der Waals surface area contributed by atoms with E-state index in [0.717, 1.165) is 5.46 Å². The molecule has 0 atom stereocenters. The molecule has 1 aliphatic rings. The van der Waals surface area contributed by atoms with Crippen LogP contribution in [0, 0.1) is 11.8 Å². The van der Waals surface area contributed by atoms with Gasteiger partial charge in [-0.1, -0.05) is 12.0 Å². The molecule has 4 nitrogen and oxygen atoms in total. The first-order valence-electron chi connectivity index (χ1n) is 6.36. The average Bonchev–Trinajstić information content (AvgIpc) is 2.56. The van der Waals surface area contributed by atoms with Gasteiger partial charge in [-0.25, -0.2) is 4.98 Å². The Bertz CT molecular complexity index is 498. The predicted octanol–water partition coefficient (Wildman–Crippen LogP) is 0.691. The van der Waals surface area contributed by atoms with Crippen molar-refractivity contribution >= 4 is 12.6 Å². The SMILES string of the molecule is CC1(C)OB(c2ccc(C#CCN)nc2)OC1(C)C. The molecular weight excluding hydrogens is 239 g/mol. The summed E-state index contributed by atoms with van der Waals surface area (Å²) in [5, 5.41) is 0. The summed E-state index contributed by atoms with van der Waals surface area (Å²) in [7, 11) is -0.381. The maximum Gasteiger partial charge on any atom is 0.496 e. The van der Waals surface area contributed by atoms with E-state index in [1.165, 1.54) is 0 Å². The van der Waals surface area contributed by atoms with E-state index in [4.69, 9.17) is 15.0 Å². The maximum atomic E-state index is 5.95. The Labute approximate surface area is 114 Å². The van der Waals surface area contributed by atoms with Gasteiger partial charge >= 0.3 is 7.12 Å². The zero-order valence-corrected chi connectivity index (χ0v) is 11.9. The van der Waals surface area contributed by atoms with Gasteiger partial charge in [0.2, 0.25) is 0 Å². The molecule has 100 valence electrons. The third-order valence-electron chi connectivity index (χ3n) is 3.63. The van der Waals surface area contributed by atoms with Crippen molar-refractivity contribution in [2.75, 3.05) is 6.54 Å². The highest BCUT2D eigenvalue weighted by atomic mass is 16.7. The van der Waals surface area contributed by atoms with E-state index in [9.17, 15) is 0 Å². The van der Waals surface area contributed by atoms with Crippen LogP contribution < -0.4 is 11.2 Å². The molecule has 0 unspecified atom stereocenters. The van der Waals surface area contributed by atoms with Crippen LogP contribution in [0.5, 0.6) is 0 Å². The van der Waals surface area contributed by atoms with Crippen LogP contribution in [0.15, 0.2) is 18.3 Å². The van der Waals surface area contributed by atoms with Crippen molar-refractivity contribution in [2.45, 2.75) is 38.9 Å². The van der Waals surface area contributed by atoms with E-state index in [1.807, 2.05) is 39.8 Å². The minimum absolute atomic E-state index is 0.334. The molecule has 0 radical (unpaired) electrons. The fraction of sp³-hybridized carbons (Fsp3) is 0.500. The summed E-state index contributed by atoms with van der Waals surface area (Å²) in [5.41, 5.74) is 6.25. The van der Waals surface area contributed by atoms with Crippen molar-refractivity contribution in [1.82, 2.24) is 4.98 Å². The number of nitrogens with two attached hydrogens (primary N) is 1. The van der Waals surface area contributed by atoms with Gasteiger partial charge in [0.05, 0.1) is 17.7 Å². The van der Waals surface area contributed by atoms with Crippen LogP contribution in [-0.4, -0.2) is 29.8 Å². The molecule has 0 aromatic carbocycles. The van der Waals surface area contributed by atoms with Crippen LogP contribution in [0.1, 0.15) is 33.4 Å². The lowest BCUT2D eigenvalue weighted by Crippen LogP contribution is -2.41. The summed E-state index contributed by atoms with van der Waals surface area (Å²) in [6.45, 7) is 8.45. The first-order valence-corrected chi connectivity index (χ1v) is 6.36. The van der Waals surface area contributed by atoms with Gasteiger partial charge in [0.1, 0.15) is 5.69 Å². The summed E-state index contributed by atoms with van der Waals surface area (Å²) in [5.74, 6) is 5.66. The highest BCUT2D eigenvalue weighted by molar-refractivity contribution is 6.62. The van der Waals surface area contributed by atoms with E-state index >= 15 is 0 Å². The topological polar surface area (TPSA) is 57.4 Å². The van der Waals surface area contributed by atoms with Crippen LogP contribution in [0.25, 0.3) is 0 Å². The van der Waals surface area contributed by atoms with Gasteiger partial charge in [-0.05, 0) is 39.7 Å². The van der Waals surface area contributed by atoms with Gasteiger partial charge in [0.25, 0.3) is 0 Å². The number of rotatable bonds is 1. The van der Waals surface area contributed by atoms with Gasteiger partial charge < -0.3 is 15.0 Å². The summed E-state index contributed by atoms with van der Waals surface area (Å²) < 4.78 is 11.9. The minimum atomic E-state index is -0.381. The first kappa shape index (κ1) is 14.1. The van der Waals surface area contributed by atoms with E-state index in [2.05, 4.69) is 16.8 Å². The van der Waals surface area contributed by atoms with Crippen molar-refractivity contribution < 1.29 is 9.31 Å². The maximum absolute atomic E-state index is 5.95. The van der Waals surface area contributed by atoms with Crippen molar-refractivity contribution in [3.05, 3.63) is 24.0 Å². The second-order valence-corrected chi connectivity index (χ2v) is 5.57. The Morgan fingerprint density at radius 3 is 2.32 bits per heavy atom. The van der Waals surface area contributed by atoms with Gasteiger partial charge in [0.15, 0.2) is 0 Å². The van der Waals surface area contributed by atoms with E-state index < -0.39 is 0 Å². The molecule has 0 spiro atoms.